The second kappa shape index (κ2) is 9.29. The minimum absolute atomic E-state index is 0.106. The largest absolute Gasteiger partial charge is 0.493 e. The van der Waals surface area contributed by atoms with Crippen LogP contribution in [0.1, 0.15) is 49.7 Å². The topological polar surface area (TPSA) is 87.5 Å². The highest BCUT2D eigenvalue weighted by Gasteiger charge is 2.23. The summed E-state index contributed by atoms with van der Waals surface area (Å²) >= 11 is 0. The van der Waals surface area contributed by atoms with Gasteiger partial charge in [-0.1, -0.05) is 0 Å². The van der Waals surface area contributed by atoms with E-state index in [0.717, 1.165) is 33.5 Å². The fourth-order valence-corrected chi connectivity index (χ4v) is 4.16. The number of rotatable bonds is 7. The number of anilines is 1. The van der Waals surface area contributed by atoms with E-state index in [-0.39, 0.29) is 11.4 Å². The number of nitrogens with one attached hydrogen (secondary N) is 1. The van der Waals surface area contributed by atoms with E-state index in [0.29, 0.717) is 35.8 Å². The second-order valence-electron chi connectivity index (χ2n) is 9.13. The molecule has 3 aromatic rings. The maximum atomic E-state index is 12.8. The van der Waals surface area contributed by atoms with Crippen LogP contribution in [0.3, 0.4) is 0 Å². The summed E-state index contributed by atoms with van der Waals surface area (Å²) in [5.41, 5.74) is 5.39. The Kier molecular flexibility index (Phi) is 6.86. The first-order valence-corrected chi connectivity index (χ1v) is 11.0. The van der Waals surface area contributed by atoms with Crippen LogP contribution < -0.4 is 19.5 Å². The number of aryl methyl sites for hydroxylation is 3. The maximum absolute atomic E-state index is 12.8. The lowest BCUT2D eigenvalue weighted by atomic mass is 9.99. The summed E-state index contributed by atoms with van der Waals surface area (Å²) in [5, 5.41) is 8.74. The highest BCUT2D eigenvalue weighted by atomic mass is 16.5. The lowest BCUT2D eigenvalue weighted by molar-refractivity contribution is -0.116. The van der Waals surface area contributed by atoms with Crippen LogP contribution >= 0.6 is 0 Å². The van der Waals surface area contributed by atoms with Crippen LogP contribution in [0.25, 0.3) is 11.0 Å². The van der Waals surface area contributed by atoms with Gasteiger partial charge in [-0.3, -0.25) is 4.79 Å². The van der Waals surface area contributed by atoms with Crippen LogP contribution in [0.5, 0.6) is 17.2 Å². The molecule has 1 N–H and O–H groups in total. The third kappa shape index (κ3) is 4.74. The molecule has 8 nitrogen and oxygen atoms in total. The summed E-state index contributed by atoms with van der Waals surface area (Å²) in [7, 11) is 4.63. The summed E-state index contributed by atoms with van der Waals surface area (Å²) in [5.74, 6) is 1.35. The monoisotopic (exact) mass is 454 g/mol. The summed E-state index contributed by atoms with van der Waals surface area (Å²) in [4.78, 5) is 17.6. The summed E-state index contributed by atoms with van der Waals surface area (Å²) < 4.78 is 18.1. The van der Waals surface area contributed by atoms with Crippen molar-refractivity contribution in [2.45, 2.75) is 59.9 Å². The van der Waals surface area contributed by atoms with E-state index in [1.54, 1.807) is 33.5 Å². The minimum Gasteiger partial charge on any atom is -0.493 e. The van der Waals surface area contributed by atoms with Gasteiger partial charge in [-0.15, -0.1) is 0 Å². The highest BCUT2D eigenvalue weighted by molar-refractivity contribution is 5.92. The van der Waals surface area contributed by atoms with Crippen LogP contribution in [0, 0.1) is 20.8 Å². The number of nitrogens with zero attached hydrogens (tertiary/aromatic N) is 3. The molecule has 3 rings (SSSR count). The van der Waals surface area contributed by atoms with Crippen molar-refractivity contribution >= 4 is 22.6 Å². The van der Waals surface area contributed by atoms with Gasteiger partial charge in [-0.25, -0.2) is 9.67 Å². The van der Waals surface area contributed by atoms with Gasteiger partial charge in [-0.05, 0) is 59.1 Å². The maximum Gasteiger partial charge on any atom is 0.224 e. The van der Waals surface area contributed by atoms with E-state index in [9.17, 15) is 4.79 Å². The van der Waals surface area contributed by atoms with Crippen LogP contribution in [0.2, 0.25) is 0 Å². The first kappa shape index (κ1) is 24.4. The lowest BCUT2D eigenvalue weighted by Crippen LogP contribution is -2.23. The number of carbonyl (C=O) groups excluding carboxylic acids is 1. The van der Waals surface area contributed by atoms with E-state index in [1.807, 2.05) is 18.5 Å². The van der Waals surface area contributed by atoms with Crippen molar-refractivity contribution in [3.63, 3.8) is 0 Å². The molecule has 0 spiro atoms. The van der Waals surface area contributed by atoms with E-state index in [1.165, 1.54) is 0 Å². The Morgan fingerprint density at radius 2 is 1.61 bits per heavy atom. The number of amides is 1. The number of fused-ring (bicyclic) bond motifs is 1. The molecule has 0 saturated carbocycles. The fourth-order valence-electron chi connectivity index (χ4n) is 4.16. The summed E-state index contributed by atoms with van der Waals surface area (Å²) in [6, 6.07) is 3.43. The van der Waals surface area contributed by atoms with Gasteiger partial charge < -0.3 is 19.5 Å². The molecule has 1 aromatic carbocycles. The molecule has 178 valence electrons. The van der Waals surface area contributed by atoms with Gasteiger partial charge in [0.1, 0.15) is 0 Å². The number of methoxy groups -OCH3 is 3. The van der Waals surface area contributed by atoms with Gasteiger partial charge in [0.2, 0.25) is 11.7 Å². The fraction of sp³-hybridized carbons (Fsp3) is 0.480. The molecule has 0 aliphatic heterocycles. The standard InChI is InChI=1S/C25H34N4O4/c1-14-18(15(2)26-24-22(14)16(3)28-29(24)25(4,5)6)10-11-21(30)27-17-12-19(31-7)23(33-9)20(13-17)32-8/h12-13H,10-11H2,1-9H3,(H,27,30). The Morgan fingerprint density at radius 3 is 2.12 bits per heavy atom. The molecule has 2 heterocycles. The van der Waals surface area contributed by atoms with E-state index in [4.69, 9.17) is 24.3 Å². The predicted octanol–water partition coefficient (Wildman–Crippen LogP) is 4.71. The van der Waals surface area contributed by atoms with Gasteiger partial charge in [0.05, 0.1) is 32.6 Å². The smallest absolute Gasteiger partial charge is 0.224 e. The molecule has 8 heteroatoms. The number of carbonyl (C=O) groups is 1. The zero-order chi connectivity index (χ0) is 24.5. The number of aromatic nitrogens is 3. The third-order valence-corrected chi connectivity index (χ3v) is 5.76. The first-order chi connectivity index (χ1) is 15.5. The van der Waals surface area contributed by atoms with Crippen molar-refractivity contribution in [2.75, 3.05) is 26.6 Å². The Morgan fingerprint density at radius 1 is 1.00 bits per heavy atom. The van der Waals surface area contributed by atoms with Gasteiger partial charge >= 0.3 is 0 Å². The van der Waals surface area contributed by atoms with E-state index in [2.05, 4.69) is 33.0 Å². The molecular formula is C25H34N4O4. The Labute approximate surface area is 195 Å². The number of hydrogen-bond donors (Lipinski definition) is 1. The quantitative estimate of drug-likeness (QED) is 0.556. The van der Waals surface area contributed by atoms with Crippen molar-refractivity contribution < 1.29 is 19.0 Å². The highest BCUT2D eigenvalue weighted by Crippen LogP contribution is 2.40. The molecule has 33 heavy (non-hydrogen) atoms. The molecule has 0 aliphatic rings. The van der Waals surface area contributed by atoms with Gasteiger partial charge in [-0.2, -0.15) is 5.10 Å². The summed E-state index contributed by atoms with van der Waals surface area (Å²) in [6.45, 7) is 12.4. The van der Waals surface area contributed by atoms with Crippen molar-refractivity contribution in [1.29, 1.82) is 0 Å². The zero-order valence-corrected chi connectivity index (χ0v) is 21.0. The summed E-state index contributed by atoms with van der Waals surface area (Å²) in [6.07, 6.45) is 0.898. The van der Waals surface area contributed by atoms with Gasteiger partial charge in [0.25, 0.3) is 0 Å². The molecule has 0 atom stereocenters. The number of pyridine rings is 1. The van der Waals surface area contributed by atoms with Crippen LogP contribution in [-0.2, 0) is 16.8 Å². The number of ether oxygens (including phenoxy) is 3. The average Bonchev–Trinajstić information content (AvgIpc) is 3.09. The van der Waals surface area contributed by atoms with E-state index < -0.39 is 0 Å². The molecule has 0 unspecified atom stereocenters. The normalized spacial score (nSPS) is 11.5. The first-order valence-electron chi connectivity index (χ1n) is 11.0. The molecule has 1 amide bonds. The zero-order valence-electron chi connectivity index (χ0n) is 21.0. The number of benzene rings is 1. The van der Waals surface area contributed by atoms with Crippen molar-refractivity contribution in [2.24, 2.45) is 0 Å². The molecule has 2 aromatic heterocycles. The Balaban J connectivity index is 1.84. The van der Waals surface area contributed by atoms with Crippen LogP contribution in [0.15, 0.2) is 12.1 Å². The van der Waals surface area contributed by atoms with Crippen LogP contribution in [0.4, 0.5) is 5.69 Å². The van der Waals surface area contributed by atoms with Crippen molar-refractivity contribution in [3.8, 4) is 17.2 Å². The molecule has 0 fully saturated rings. The average molecular weight is 455 g/mol. The van der Waals surface area contributed by atoms with Crippen LogP contribution in [-0.4, -0.2) is 42.0 Å². The molecule has 0 saturated heterocycles. The number of hydrogen-bond acceptors (Lipinski definition) is 6. The third-order valence-electron chi connectivity index (χ3n) is 5.76. The lowest BCUT2D eigenvalue weighted by Gasteiger charge is -2.20. The van der Waals surface area contributed by atoms with Crippen molar-refractivity contribution in [3.05, 3.63) is 34.6 Å². The predicted molar refractivity (Wildman–Crippen MR) is 130 cm³/mol. The Bertz CT molecular complexity index is 1170. The minimum atomic E-state index is -0.166. The SMILES string of the molecule is COc1cc(NC(=O)CCc2c(C)nc3c(c(C)nn3C(C)(C)C)c2C)cc(OC)c1OC. The van der Waals surface area contributed by atoms with Gasteiger partial charge in [0, 0.05) is 35.3 Å². The Hall–Kier alpha value is -3.29. The van der Waals surface area contributed by atoms with Gasteiger partial charge in [0.15, 0.2) is 17.1 Å². The second-order valence-corrected chi connectivity index (χ2v) is 9.13. The molecule has 0 bridgehead atoms. The van der Waals surface area contributed by atoms with Crippen molar-refractivity contribution in [1.82, 2.24) is 14.8 Å². The molecule has 0 aliphatic carbocycles. The molecule has 0 radical (unpaired) electrons. The van der Waals surface area contributed by atoms with E-state index >= 15 is 0 Å². The molecular weight excluding hydrogens is 420 g/mol.